The zero-order chi connectivity index (χ0) is 21.9. The highest BCUT2D eigenvalue weighted by Gasteiger charge is 2.11. The lowest BCUT2D eigenvalue weighted by molar-refractivity contribution is 0.300. The second kappa shape index (κ2) is 11.5. The van der Waals surface area contributed by atoms with Gasteiger partial charge in [-0.2, -0.15) is 5.10 Å². The van der Waals surface area contributed by atoms with Crippen LogP contribution in [-0.2, 0) is 20.1 Å². The molecule has 0 aliphatic carbocycles. The molecule has 0 fully saturated rings. The third kappa shape index (κ3) is 6.43. The zero-order valence-corrected chi connectivity index (χ0v) is 18.2. The Morgan fingerprint density at radius 1 is 1.06 bits per heavy atom. The highest BCUT2D eigenvalue weighted by Crippen LogP contribution is 2.32. The molecule has 2 heterocycles. The van der Waals surface area contributed by atoms with Crippen LogP contribution in [0.25, 0.3) is 0 Å². The van der Waals surface area contributed by atoms with E-state index in [1.54, 1.807) is 10.9 Å². The van der Waals surface area contributed by atoms with E-state index >= 15 is 0 Å². The number of benzene rings is 1. The highest BCUT2D eigenvalue weighted by molar-refractivity contribution is 5.79. The van der Waals surface area contributed by atoms with Gasteiger partial charge in [-0.3, -0.25) is 4.68 Å². The van der Waals surface area contributed by atoms with E-state index in [0.717, 1.165) is 24.4 Å². The predicted molar refractivity (Wildman–Crippen MR) is 119 cm³/mol. The summed E-state index contributed by atoms with van der Waals surface area (Å²) in [7, 11) is 1.86. The van der Waals surface area contributed by atoms with Gasteiger partial charge in [0.2, 0.25) is 5.88 Å². The van der Waals surface area contributed by atoms with Gasteiger partial charge >= 0.3 is 0 Å². The van der Waals surface area contributed by atoms with Gasteiger partial charge in [0.05, 0.1) is 19.7 Å². The summed E-state index contributed by atoms with van der Waals surface area (Å²) in [5.74, 6) is 3.32. The lowest BCUT2D eigenvalue weighted by atomic mass is 10.2. The van der Waals surface area contributed by atoms with Gasteiger partial charge in [0.25, 0.3) is 0 Å². The first-order chi connectivity index (χ1) is 15.2. The van der Waals surface area contributed by atoms with Crippen molar-refractivity contribution < 1.29 is 9.47 Å². The van der Waals surface area contributed by atoms with Crippen LogP contribution in [0.15, 0.2) is 53.9 Å². The van der Waals surface area contributed by atoms with Gasteiger partial charge in [-0.15, -0.1) is 0 Å². The van der Waals surface area contributed by atoms with E-state index < -0.39 is 0 Å². The van der Waals surface area contributed by atoms with Crippen molar-refractivity contribution in [3.05, 3.63) is 60.3 Å². The summed E-state index contributed by atoms with van der Waals surface area (Å²) in [5.41, 5.74) is 0.864. The summed E-state index contributed by atoms with van der Waals surface area (Å²) < 4.78 is 13.6. The zero-order valence-electron chi connectivity index (χ0n) is 18.2. The van der Waals surface area contributed by atoms with Crippen molar-refractivity contribution in [1.82, 2.24) is 30.4 Å². The SMILES string of the molecule is CCCOc1ccccc1Oc1ncccc1CN=C(NCC)NCc1ncnn1C. The number of para-hydroxylation sites is 2. The van der Waals surface area contributed by atoms with Crippen LogP contribution in [0.5, 0.6) is 17.4 Å². The highest BCUT2D eigenvalue weighted by atomic mass is 16.5. The fourth-order valence-corrected chi connectivity index (χ4v) is 2.76. The van der Waals surface area contributed by atoms with Gasteiger partial charge in [-0.25, -0.2) is 15.0 Å². The second-order valence-electron chi connectivity index (χ2n) is 6.71. The van der Waals surface area contributed by atoms with Crippen molar-refractivity contribution in [2.75, 3.05) is 13.2 Å². The van der Waals surface area contributed by atoms with Gasteiger partial charge in [0.15, 0.2) is 17.5 Å². The fraction of sp³-hybridized carbons (Fsp3) is 0.364. The van der Waals surface area contributed by atoms with Crippen LogP contribution in [0.2, 0.25) is 0 Å². The molecule has 3 rings (SSSR count). The molecule has 31 heavy (non-hydrogen) atoms. The Morgan fingerprint density at radius 2 is 1.90 bits per heavy atom. The summed E-state index contributed by atoms with van der Waals surface area (Å²) in [6.45, 7) is 6.37. The molecule has 0 spiro atoms. The summed E-state index contributed by atoms with van der Waals surface area (Å²) in [4.78, 5) is 13.3. The Labute approximate surface area is 182 Å². The molecule has 9 nitrogen and oxygen atoms in total. The lowest BCUT2D eigenvalue weighted by Crippen LogP contribution is -2.37. The Hall–Kier alpha value is -3.62. The van der Waals surface area contributed by atoms with Crippen LogP contribution in [0.1, 0.15) is 31.7 Å². The van der Waals surface area contributed by atoms with E-state index in [0.29, 0.717) is 43.0 Å². The van der Waals surface area contributed by atoms with Crippen LogP contribution in [-0.4, -0.2) is 38.9 Å². The molecule has 1 aromatic carbocycles. The van der Waals surface area contributed by atoms with Crippen LogP contribution < -0.4 is 20.1 Å². The maximum atomic E-state index is 6.10. The van der Waals surface area contributed by atoms with Crippen LogP contribution >= 0.6 is 0 Å². The summed E-state index contributed by atoms with van der Waals surface area (Å²) >= 11 is 0. The molecule has 0 aliphatic rings. The quantitative estimate of drug-likeness (QED) is 0.382. The molecule has 0 saturated carbocycles. The van der Waals surface area contributed by atoms with Crippen molar-refractivity contribution >= 4 is 5.96 Å². The van der Waals surface area contributed by atoms with E-state index in [1.807, 2.05) is 50.4 Å². The third-order valence-corrected chi connectivity index (χ3v) is 4.34. The van der Waals surface area contributed by atoms with E-state index in [1.165, 1.54) is 6.33 Å². The molecule has 0 unspecified atom stereocenters. The number of nitrogens with one attached hydrogen (secondary N) is 2. The molecule has 2 N–H and O–H groups in total. The summed E-state index contributed by atoms with van der Waals surface area (Å²) in [6.07, 6.45) is 4.16. The van der Waals surface area contributed by atoms with Crippen molar-refractivity contribution in [2.45, 2.75) is 33.4 Å². The van der Waals surface area contributed by atoms with Crippen molar-refractivity contribution in [1.29, 1.82) is 0 Å². The topological polar surface area (TPSA) is 98.5 Å². The number of aromatic nitrogens is 4. The Bertz CT molecular complexity index is 987. The number of aryl methyl sites for hydroxylation is 1. The normalized spacial score (nSPS) is 11.3. The minimum atomic E-state index is 0.398. The first kappa shape index (κ1) is 22.1. The van der Waals surface area contributed by atoms with Crippen molar-refractivity contribution in [3.8, 4) is 17.4 Å². The van der Waals surface area contributed by atoms with Gasteiger partial charge < -0.3 is 20.1 Å². The third-order valence-electron chi connectivity index (χ3n) is 4.34. The minimum absolute atomic E-state index is 0.398. The molecule has 0 amide bonds. The number of hydrogen-bond donors (Lipinski definition) is 2. The number of guanidine groups is 1. The Kier molecular flexibility index (Phi) is 8.21. The van der Waals surface area contributed by atoms with E-state index in [2.05, 4.69) is 37.6 Å². The number of pyridine rings is 1. The number of rotatable bonds is 10. The largest absolute Gasteiger partial charge is 0.490 e. The number of nitrogens with zero attached hydrogens (tertiary/aromatic N) is 5. The van der Waals surface area contributed by atoms with E-state index in [4.69, 9.17) is 9.47 Å². The van der Waals surface area contributed by atoms with Crippen LogP contribution in [0.4, 0.5) is 0 Å². The number of hydrogen-bond acceptors (Lipinski definition) is 6. The minimum Gasteiger partial charge on any atom is -0.490 e. The van der Waals surface area contributed by atoms with E-state index in [9.17, 15) is 0 Å². The molecule has 9 heteroatoms. The van der Waals surface area contributed by atoms with Gasteiger partial charge in [-0.1, -0.05) is 25.1 Å². The molecule has 164 valence electrons. The first-order valence-electron chi connectivity index (χ1n) is 10.4. The average Bonchev–Trinajstić information content (AvgIpc) is 3.20. The van der Waals surface area contributed by atoms with Crippen molar-refractivity contribution in [2.24, 2.45) is 12.0 Å². The average molecular weight is 424 g/mol. The van der Waals surface area contributed by atoms with Gasteiger partial charge in [0.1, 0.15) is 12.2 Å². The molecular weight excluding hydrogens is 394 g/mol. The van der Waals surface area contributed by atoms with Crippen LogP contribution in [0.3, 0.4) is 0 Å². The predicted octanol–water partition coefficient (Wildman–Crippen LogP) is 3.05. The van der Waals surface area contributed by atoms with Gasteiger partial charge in [0, 0.05) is 25.4 Å². The smallest absolute Gasteiger partial charge is 0.224 e. The molecule has 3 aromatic rings. The molecule has 0 saturated heterocycles. The van der Waals surface area contributed by atoms with Crippen molar-refractivity contribution in [3.63, 3.8) is 0 Å². The molecule has 2 aromatic heterocycles. The van der Waals surface area contributed by atoms with Gasteiger partial charge in [-0.05, 0) is 31.5 Å². The Morgan fingerprint density at radius 3 is 2.65 bits per heavy atom. The molecule has 0 bridgehead atoms. The monoisotopic (exact) mass is 423 g/mol. The first-order valence-corrected chi connectivity index (χ1v) is 10.4. The fourth-order valence-electron chi connectivity index (χ4n) is 2.76. The maximum absolute atomic E-state index is 6.10. The van der Waals surface area contributed by atoms with E-state index in [-0.39, 0.29) is 0 Å². The molecule has 0 radical (unpaired) electrons. The molecule has 0 atom stereocenters. The summed E-state index contributed by atoms with van der Waals surface area (Å²) in [6, 6.07) is 11.4. The van der Waals surface area contributed by atoms with Crippen LogP contribution in [0, 0.1) is 0 Å². The standard InChI is InChI=1S/C22H29N7O2/c1-4-13-30-18-10-6-7-11-19(18)31-21-17(9-8-12-24-21)14-25-22(23-5-2)26-15-20-27-16-28-29(20)3/h6-12,16H,4-5,13-15H2,1-3H3,(H2,23,25,26). The lowest BCUT2D eigenvalue weighted by Gasteiger charge is -2.14. The maximum Gasteiger partial charge on any atom is 0.224 e. The second-order valence-corrected chi connectivity index (χ2v) is 6.71. The number of ether oxygens (including phenoxy) is 2. The number of aliphatic imine (C=N–C) groups is 1. The molecular formula is C22H29N7O2. The Balaban J connectivity index is 1.72. The summed E-state index contributed by atoms with van der Waals surface area (Å²) in [5, 5.41) is 10.6. The molecule has 0 aliphatic heterocycles.